The minimum atomic E-state index is 0.276. The first kappa shape index (κ1) is 21.2. The van der Waals surface area contributed by atoms with Crippen molar-refractivity contribution in [1.82, 2.24) is 4.90 Å². The molecule has 1 amide bonds. The molecule has 2 aromatic rings. The number of aryl methyl sites for hydroxylation is 2. The van der Waals surface area contributed by atoms with Gasteiger partial charge in [-0.2, -0.15) is 0 Å². The zero-order chi connectivity index (χ0) is 20.5. The van der Waals surface area contributed by atoms with Crippen LogP contribution in [0.3, 0.4) is 0 Å². The number of ether oxygens (including phenoxy) is 2. The summed E-state index contributed by atoms with van der Waals surface area (Å²) in [6, 6.07) is 16.4. The first-order chi connectivity index (χ1) is 14.2. The van der Waals surface area contributed by atoms with E-state index in [9.17, 15) is 4.79 Å². The van der Waals surface area contributed by atoms with Crippen molar-refractivity contribution in [1.29, 1.82) is 0 Å². The van der Waals surface area contributed by atoms with Crippen LogP contribution in [0.5, 0.6) is 11.5 Å². The molecule has 0 atom stereocenters. The molecule has 4 nitrogen and oxygen atoms in total. The third-order valence-electron chi connectivity index (χ3n) is 5.80. The molecule has 1 aliphatic heterocycles. The normalized spacial score (nSPS) is 14.6. The number of amides is 1. The van der Waals surface area contributed by atoms with E-state index in [1.165, 1.54) is 12.0 Å². The molecule has 3 rings (SSSR count). The molecule has 1 saturated heterocycles. The second-order valence-electron chi connectivity index (χ2n) is 7.79. The van der Waals surface area contributed by atoms with E-state index in [2.05, 4.69) is 30.3 Å². The van der Waals surface area contributed by atoms with Crippen molar-refractivity contribution >= 4 is 5.91 Å². The van der Waals surface area contributed by atoms with Crippen molar-refractivity contribution in [3.63, 3.8) is 0 Å². The van der Waals surface area contributed by atoms with E-state index in [0.29, 0.717) is 18.9 Å². The van der Waals surface area contributed by atoms with E-state index in [1.54, 1.807) is 7.11 Å². The predicted molar refractivity (Wildman–Crippen MR) is 117 cm³/mol. The van der Waals surface area contributed by atoms with E-state index in [1.807, 2.05) is 30.0 Å². The Morgan fingerprint density at radius 2 is 1.76 bits per heavy atom. The highest BCUT2D eigenvalue weighted by Gasteiger charge is 2.22. The van der Waals surface area contributed by atoms with Gasteiger partial charge in [0, 0.05) is 19.5 Å². The Morgan fingerprint density at radius 1 is 1.00 bits per heavy atom. The van der Waals surface area contributed by atoms with Crippen LogP contribution >= 0.6 is 0 Å². The first-order valence-corrected chi connectivity index (χ1v) is 10.8. The predicted octanol–water partition coefficient (Wildman–Crippen LogP) is 4.90. The molecule has 1 heterocycles. The maximum absolute atomic E-state index is 12.6. The Hall–Kier alpha value is -2.49. The van der Waals surface area contributed by atoms with Gasteiger partial charge in [-0.15, -0.1) is 0 Å². The Balaban J connectivity index is 1.37. The molecule has 4 heteroatoms. The summed E-state index contributed by atoms with van der Waals surface area (Å²) in [6.07, 6.45) is 5.86. The Kier molecular flexibility index (Phi) is 7.97. The number of piperidine rings is 1. The lowest BCUT2D eigenvalue weighted by atomic mass is 9.90. The number of carbonyl (C=O) groups excluding carboxylic acids is 1. The molecule has 0 N–H and O–H groups in total. The van der Waals surface area contributed by atoms with E-state index in [0.717, 1.165) is 55.8 Å². The average Bonchev–Trinajstić information content (AvgIpc) is 2.77. The van der Waals surface area contributed by atoms with Gasteiger partial charge >= 0.3 is 0 Å². The van der Waals surface area contributed by atoms with Crippen LogP contribution in [0.25, 0.3) is 0 Å². The summed E-state index contributed by atoms with van der Waals surface area (Å²) in [5, 5.41) is 0. The third-order valence-corrected chi connectivity index (χ3v) is 5.80. The van der Waals surface area contributed by atoms with Gasteiger partial charge in [-0.3, -0.25) is 4.79 Å². The molecular formula is C25H33NO3. The lowest BCUT2D eigenvalue weighted by Gasteiger charge is -2.32. The summed E-state index contributed by atoms with van der Waals surface area (Å²) in [4.78, 5) is 14.6. The van der Waals surface area contributed by atoms with E-state index >= 15 is 0 Å². The zero-order valence-electron chi connectivity index (χ0n) is 17.7. The van der Waals surface area contributed by atoms with Gasteiger partial charge in [0.25, 0.3) is 0 Å². The van der Waals surface area contributed by atoms with Gasteiger partial charge in [0.1, 0.15) is 11.5 Å². The van der Waals surface area contributed by atoms with Gasteiger partial charge in [-0.25, -0.2) is 0 Å². The summed E-state index contributed by atoms with van der Waals surface area (Å²) in [5.74, 6) is 2.78. The van der Waals surface area contributed by atoms with E-state index in [-0.39, 0.29) is 5.91 Å². The summed E-state index contributed by atoms with van der Waals surface area (Å²) in [7, 11) is 1.67. The second-order valence-corrected chi connectivity index (χ2v) is 7.79. The van der Waals surface area contributed by atoms with Crippen molar-refractivity contribution in [3.8, 4) is 11.5 Å². The van der Waals surface area contributed by atoms with Gasteiger partial charge in [0.05, 0.1) is 13.7 Å². The fraction of sp³-hybridized carbons (Fsp3) is 0.480. The maximum Gasteiger partial charge on any atom is 0.222 e. The van der Waals surface area contributed by atoms with Crippen LogP contribution in [0.15, 0.2) is 48.5 Å². The molecule has 0 radical (unpaired) electrons. The van der Waals surface area contributed by atoms with Crippen molar-refractivity contribution in [2.75, 3.05) is 26.8 Å². The topological polar surface area (TPSA) is 38.8 Å². The highest BCUT2D eigenvalue weighted by Crippen LogP contribution is 2.24. The number of carbonyl (C=O) groups is 1. The van der Waals surface area contributed by atoms with Crippen LogP contribution in [0, 0.1) is 5.92 Å². The van der Waals surface area contributed by atoms with Crippen molar-refractivity contribution < 1.29 is 14.3 Å². The molecule has 0 bridgehead atoms. The number of hydrogen-bond acceptors (Lipinski definition) is 3. The average molecular weight is 396 g/mol. The Bertz CT molecular complexity index is 764. The molecule has 0 unspecified atom stereocenters. The summed E-state index contributed by atoms with van der Waals surface area (Å²) >= 11 is 0. The summed E-state index contributed by atoms with van der Waals surface area (Å²) in [5.41, 5.74) is 2.52. The zero-order valence-corrected chi connectivity index (χ0v) is 17.7. The lowest BCUT2D eigenvalue weighted by Crippen LogP contribution is -2.38. The standard InChI is InChI=1S/C25H33NO3/c1-3-29-23-12-9-20(10-13-23)7-8-21-15-17-26(18-16-21)25(27)14-11-22-5-4-6-24(19-22)28-2/h4-6,9-10,12-13,19,21H,3,7-8,11,14-18H2,1-2H3. The SMILES string of the molecule is CCOc1ccc(CCC2CCN(C(=O)CCc3cccc(OC)c3)CC2)cc1. The van der Waals surface area contributed by atoms with Crippen LogP contribution < -0.4 is 9.47 Å². The first-order valence-electron chi connectivity index (χ1n) is 10.8. The summed E-state index contributed by atoms with van der Waals surface area (Å²) < 4.78 is 10.8. The number of hydrogen-bond donors (Lipinski definition) is 0. The molecule has 156 valence electrons. The van der Waals surface area contributed by atoms with E-state index < -0.39 is 0 Å². The van der Waals surface area contributed by atoms with Crippen LogP contribution in [-0.2, 0) is 17.6 Å². The number of likely N-dealkylation sites (tertiary alicyclic amines) is 1. The van der Waals surface area contributed by atoms with Gasteiger partial charge in [-0.05, 0) is 80.3 Å². The van der Waals surface area contributed by atoms with Gasteiger partial charge < -0.3 is 14.4 Å². The molecule has 0 spiro atoms. The molecule has 0 aliphatic carbocycles. The smallest absolute Gasteiger partial charge is 0.222 e. The number of nitrogens with zero attached hydrogens (tertiary/aromatic N) is 1. The summed E-state index contributed by atoms with van der Waals surface area (Å²) in [6.45, 7) is 4.50. The molecule has 1 aliphatic rings. The molecule has 2 aromatic carbocycles. The fourth-order valence-electron chi connectivity index (χ4n) is 4.00. The molecule has 0 aromatic heterocycles. The van der Waals surface area contributed by atoms with Crippen molar-refractivity contribution in [2.45, 2.75) is 45.4 Å². The minimum Gasteiger partial charge on any atom is -0.497 e. The lowest BCUT2D eigenvalue weighted by molar-refractivity contribution is -0.132. The quantitative estimate of drug-likeness (QED) is 0.606. The van der Waals surface area contributed by atoms with Crippen LogP contribution in [0.4, 0.5) is 0 Å². The molecule has 0 saturated carbocycles. The fourth-order valence-corrected chi connectivity index (χ4v) is 4.00. The van der Waals surface area contributed by atoms with Crippen molar-refractivity contribution in [2.24, 2.45) is 5.92 Å². The largest absolute Gasteiger partial charge is 0.497 e. The second kappa shape index (κ2) is 10.9. The third kappa shape index (κ3) is 6.52. The highest BCUT2D eigenvalue weighted by molar-refractivity contribution is 5.76. The number of benzene rings is 2. The Morgan fingerprint density at radius 3 is 2.45 bits per heavy atom. The van der Waals surface area contributed by atoms with E-state index in [4.69, 9.17) is 9.47 Å². The maximum atomic E-state index is 12.6. The highest BCUT2D eigenvalue weighted by atomic mass is 16.5. The van der Waals surface area contributed by atoms with Gasteiger partial charge in [-0.1, -0.05) is 24.3 Å². The minimum absolute atomic E-state index is 0.276. The van der Waals surface area contributed by atoms with Gasteiger partial charge in [0.2, 0.25) is 5.91 Å². The number of methoxy groups -OCH3 is 1. The Labute approximate surface area is 174 Å². The van der Waals surface area contributed by atoms with Crippen LogP contribution in [0.1, 0.15) is 43.7 Å². The number of rotatable bonds is 9. The van der Waals surface area contributed by atoms with Crippen LogP contribution in [0.2, 0.25) is 0 Å². The molecule has 29 heavy (non-hydrogen) atoms. The monoisotopic (exact) mass is 395 g/mol. The van der Waals surface area contributed by atoms with Gasteiger partial charge in [0.15, 0.2) is 0 Å². The van der Waals surface area contributed by atoms with Crippen molar-refractivity contribution in [3.05, 3.63) is 59.7 Å². The molecular weight excluding hydrogens is 362 g/mol. The molecule has 1 fully saturated rings. The van der Waals surface area contributed by atoms with Crippen LogP contribution in [-0.4, -0.2) is 37.6 Å².